The highest BCUT2D eigenvalue weighted by Gasteiger charge is 2.23. The number of nitrogens with zero attached hydrogens (tertiary/aromatic N) is 5. The molecule has 0 aromatic heterocycles. The molecule has 7 nitrogen and oxygen atoms in total. The van der Waals surface area contributed by atoms with Crippen molar-refractivity contribution >= 4 is 11.9 Å². The molecule has 156 valence electrons. The molecule has 7 heteroatoms. The number of nitriles is 1. The second-order valence-electron chi connectivity index (χ2n) is 7.77. The van der Waals surface area contributed by atoms with Crippen LogP contribution in [0, 0.1) is 11.3 Å². The van der Waals surface area contributed by atoms with Crippen LogP contribution in [-0.4, -0.2) is 79.4 Å². The predicted octanol–water partition coefficient (Wildman–Crippen LogP) is 1.65. The zero-order chi connectivity index (χ0) is 20.5. The molecule has 0 spiro atoms. The van der Waals surface area contributed by atoms with Gasteiger partial charge in [-0.15, -0.1) is 0 Å². The van der Waals surface area contributed by atoms with E-state index in [0.717, 1.165) is 63.6 Å². The van der Waals surface area contributed by atoms with Crippen molar-refractivity contribution in [2.75, 3.05) is 52.9 Å². The zero-order valence-electron chi connectivity index (χ0n) is 17.4. The molecule has 1 amide bonds. The van der Waals surface area contributed by atoms with Crippen LogP contribution in [0.2, 0.25) is 0 Å². The van der Waals surface area contributed by atoms with E-state index in [1.54, 1.807) is 7.05 Å². The molecule has 3 rings (SSSR count). The fourth-order valence-corrected chi connectivity index (χ4v) is 3.94. The minimum Gasteiger partial charge on any atom is -0.352 e. The Morgan fingerprint density at radius 2 is 1.66 bits per heavy atom. The molecule has 1 aromatic rings. The summed E-state index contributed by atoms with van der Waals surface area (Å²) >= 11 is 0. The number of rotatable bonds is 4. The third-order valence-corrected chi connectivity index (χ3v) is 5.73. The first-order valence-corrected chi connectivity index (χ1v) is 10.6. The summed E-state index contributed by atoms with van der Waals surface area (Å²) in [6, 6.07) is 9.73. The molecule has 2 saturated heterocycles. The molecule has 1 N–H and O–H groups in total. The smallest absolute Gasteiger partial charge is 0.236 e. The van der Waals surface area contributed by atoms with E-state index in [2.05, 4.69) is 31.1 Å². The first kappa shape index (κ1) is 21.1. The Labute approximate surface area is 174 Å². The average molecular weight is 397 g/mol. The second-order valence-corrected chi connectivity index (χ2v) is 7.77. The van der Waals surface area contributed by atoms with Crippen molar-refractivity contribution in [3.05, 3.63) is 35.4 Å². The van der Waals surface area contributed by atoms with Gasteiger partial charge in [-0.3, -0.25) is 14.7 Å². The maximum atomic E-state index is 12.6. The number of nitrogens with one attached hydrogen (secondary N) is 1. The number of aliphatic imine (C=N–C) groups is 1. The lowest BCUT2D eigenvalue weighted by atomic mass is 10.1. The SMILES string of the molecule is CN=C(NCc1ccc(C#N)cc1)N1CCN(CC(=O)N2CCCCCC2)CC1. The highest BCUT2D eigenvalue weighted by Crippen LogP contribution is 2.11. The lowest BCUT2D eigenvalue weighted by Crippen LogP contribution is -2.54. The molecule has 0 radical (unpaired) electrons. The van der Waals surface area contributed by atoms with Crippen LogP contribution in [0.1, 0.15) is 36.8 Å². The van der Waals surface area contributed by atoms with E-state index in [1.165, 1.54) is 12.8 Å². The van der Waals surface area contributed by atoms with Crippen LogP contribution < -0.4 is 5.32 Å². The number of benzene rings is 1. The molecule has 2 aliphatic heterocycles. The van der Waals surface area contributed by atoms with Crippen molar-refractivity contribution in [1.82, 2.24) is 20.0 Å². The minimum absolute atomic E-state index is 0.281. The largest absolute Gasteiger partial charge is 0.352 e. The molecule has 29 heavy (non-hydrogen) atoms. The van der Waals surface area contributed by atoms with Crippen molar-refractivity contribution < 1.29 is 4.79 Å². The van der Waals surface area contributed by atoms with Gasteiger partial charge in [-0.1, -0.05) is 25.0 Å². The van der Waals surface area contributed by atoms with Crippen LogP contribution in [0.3, 0.4) is 0 Å². The Bertz CT molecular complexity index is 723. The minimum atomic E-state index is 0.281. The quantitative estimate of drug-likeness (QED) is 0.619. The van der Waals surface area contributed by atoms with Crippen molar-refractivity contribution in [1.29, 1.82) is 5.26 Å². The highest BCUT2D eigenvalue weighted by atomic mass is 16.2. The monoisotopic (exact) mass is 396 g/mol. The summed E-state index contributed by atoms with van der Waals surface area (Å²) in [5.74, 6) is 1.16. The summed E-state index contributed by atoms with van der Waals surface area (Å²) < 4.78 is 0. The van der Waals surface area contributed by atoms with Gasteiger partial charge in [0.2, 0.25) is 5.91 Å². The van der Waals surface area contributed by atoms with Gasteiger partial charge in [0.1, 0.15) is 0 Å². The normalized spacial score (nSPS) is 18.8. The number of amides is 1. The summed E-state index contributed by atoms with van der Waals surface area (Å²) in [6.07, 6.45) is 4.77. The molecule has 0 unspecified atom stereocenters. The lowest BCUT2D eigenvalue weighted by Gasteiger charge is -2.37. The van der Waals surface area contributed by atoms with Crippen LogP contribution in [0.5, 0.6) is 0 Å². The van der Waals surface area contributed by atoms with Gasteiger partial charge < -0.3 is 15.1 Å². The maximum Gasteiger partial charge on any atom is 0.236 e. The van der Waals surface area contributed by atoms with Gasteiger partial charge in [0.25, 0.3) is 0 Å². The molecule has 2 heterocycles. The van der Waals surface area contributed by atoms with Crippen LogP contribution in [-0.2, 0) is 11.3 Å². The van der Waals surface area contributed by atoms with E-state index in [1.807, 2.05) is 24.3 Å². The van der Waals surface area contributed by atoms with Gasteiger partial charge in [-0.25, -0.2) is 0 Å². The number of hydrogen-bond donors (Lipinski definition) is 1. The first-order valence-electron chi connectivity index (χ1n) is 10.6. The Kier molecular flexibility index (Phi) is 7.88. The van der Waals surface area contributed by atoms with Crippen molar-refractivity contribution in [3.63, 3.8) is 0 Å². The number of carbonyl (C=O) groups excluding carboxylic acids is 1. The van der Waals surface area contributed by atoms with E-state index >= 15 is 0 Å². The van der Waals surface area contributed by atoms with E-state index < -0.39 is 0 Å². The van der Waals surface area contributed by atoms with E-state index in [0.29, 0.717) is 18.7 Å². The second kappa shape index (κ2) is 10.8. The summed E-state index contributed by atoms with van der Waals surface area (Å²) in [4.78, 5) is 23.6. The van der Waals surface area contributed by atoms with Gasteiger partial charge in [-0.2, -0.15) is 5.26 Å². The number of guanidine groups is 1. The summed E-state index contributed by atoms with van der Waals surface area (Å²) in [6.45, 7) is 6.52. The number of likely N-dealkylation sites (tertiary alicyclic amines) is 1. The van der Waals surface area contributed by atoms with E-state index in [4.69, 9.17) is 5.26 Å². The van der Waals surface area contributed by atoms with Crippen LogP contribution in [0.4, 0.5) is 0 Å². The van der Waals surface area contributed by atoms with Gasteiger partial charge >= 0.3 is 0 Å². The Morgan fingerprint density at radius 1 is 1.00 bits per heavy atom. The Morgan fingerprint density at radius 3 is 2.24 bits per heavy atom. The Balaban J connectivity index is 1.43. The predicted molar refractivity (Wildman–Crippen MR) is 114 cm³/mol. The van der Waals surface area contributed by atoms with Crippen LogP contribution in [0.25, 0.3) is 0 Å². The molecule has 0 bridgehead atoms. The van der Waals surface area contributed by atoms with Gasteiger partial charge in [0.05, 0.1) is 18.2 Å². The molecule has 0 saturated carbocycles. The van der Waals surface area contributed by atoms with Crippen molar-refractivity contribution in [3.8, 4) is 6.07 Å². The standard InChI is InChI=1S/C22H32N6O/c1-24-22(25-17-20-8-6-19(16-23)7-9-20)28-14-12-26(13-15-28)18-21(29)27-10-4-2-3-5-11-27/h6-9H,2-5,10-15,17-18H2,1H3,(H,24,25). The summed E-state index contributed by atoms with van der Waals surface area (Å²) in [7, 11) is 1.80. The first-order chi connectivity index (χ1) is 14.2. The summed E-state index contributed by atoms with van der Waals surface area (Å²) in [5.41, 5.74) is 1.79. The molecule has 0 atom stereocenters. The van der Waals surface area contributed by atoms with Crippen molar-refractivity contribution in [2.24, 2.45) is 4.99 Å². The third-order valence-electron chi connectivity index (χ3n) is 5.73. The fraction of sp³-hybridized carbons (Fsp3) is 0.591. The van der Waals surface area contributed by atoms with Crippen LogP contribution in [0.15, 0.2) is 29.3 Å². The average Bonchev–Trinajstić information content (AvgIpc) is 3.05. The van der Waals surface area contributed by atoms with Gasteiger partial charge in [-0.05, 0) is 30.5 Å². The number of carbonyl (C=O) groups is 1. The highest BCUT2D eigenvalue weighted by molar-refractivity contribution is 5.80. The van der Waals surface area contributed by atoms with E-state index in [-0.39, 0.29) is 5.91 Å². The topological polar surface area (TPSA) is 75.0 Å². The van der Waals surface area contributed by atoms with Gasteiger partial charge in [0, 0.05) is 52.9 Å². The van der Waals surface area contributed by atoms with Crippen molar-refractivity contribution in [2.45, 2.75) is 32.2 Å². The third kappa shape index (κ3) is 6.20. The zero-order valence-corrected chi connectivity index (χ0v) is 17.4. The van der Waals surface area contributed by atoms with Gasteiger partial charge in [0.15, 0.2) is 5.96 Å². The molecule has 2 aliphatic rings. The summed E-state index contributed by atoms with van der Waals surface area (Å²) in [5, 5.41) is 12.3. The molecule has 1 aromatic carbocycles. The lowest BCUT2D eigenvalue weighted by molar-refractivity contribution is -0.132. The Hall–Kier alpha value is -2.59. The molecule has 2 fully saturated rings. The molecular formula is C22H32N6O. The fourth-order valence-electron chi connectivity index (χ4n) is 3.94. The van der Waals surface area contributed by atoms with E-state index in [9.17, 15) is 4.79 Å². The number of piperazine rings is 1. The number of hydrogen-bond acceptors (Lipinski definition) is 4. The molecular weight excluding hydrogens is 364 g/mol. The van der Waals surface area contributed by atoms with Crippen LogP contribution >= 0.6 is 0 Å². The molecule has 0 aliphatic carbocycles. The maximum absolute atomic E-state index is 12.6.